The molecule has 1 amide bonds. The normalized spacial score (nSPS) is 17.6. The molecule has 0 spiro atoms. The van der Waals surface area contributed by atoms with Crippen LogP contribution in [0, 0.1) is 6.92 Å². The van der Waals surface area contributed by atoms with Gasteiger partial charge in [-0.1, -0.05) is 36.2 Å². The fourth-order valence-electron chi connectivity index (χ4n) is 4.28. The average Bonchev–Trinajstić information content (AvgIpc) is 3.21. The Kier molecular flexibility index (Phi) is 8.55. The van der Waals surface area contributed by atoms with E-state index in [2.05, 4.69) is 74.0 Å². The van der Waals surface area contributed by atoms with E-state index in [0.29, 0.717) is 24.9 Å². The van der Waals surface area contributed by atoms with E-state index in [0.717, 1.165) is 25.3 Å². The van der Waals surface area contributed by atoms with Crippen molar-refractivity contribution in [3.8, 4) is 0 Å². The maximum atomic E-state index is 12.5. The van der Waals surface area contributed by atoms with E-state index in [1.807, 2.05) is 6.07 Å². The summed E-state index contributed by atoms with van der Waals surface area (Å²) in [6.45, 7) is 15.4. The van der Waals surface area contributed by atoms with Crippen LogP contribution in [0.15, 0.2) is 40.8 Å². The number of rotatable bonds is 9. The Morgan fingerprint density at radius 3 is 2.56 bits per heavy atom. The van der Waals surface area contributed by atoms with Gasteiger partial charge in [0, 0.05) is 31.2 Å². The number of piperidine rings is 1. The second-order valence-corrected chi connectivity index (χ2v) is 10.3. The van der Waals surface area contributed by atoms with Gasteiger partial charge in [0.1, 0.15) is 5.76 Å². The lowest BCUT2D eigenvalue weighted by Crippen LogP contribution is -2.40. The van der Waals surface area contributed by atoms with Crippen LogP contribution in [0.2, 0.25) is 0 Å². The predicted octanol–water partition coefficient (Wildman–Crippen LogP) is 5.38. The van der Waals surface area contributed by atoms with Crippen LogP contribution in [0.1, 0.15) is 80.8 Å². The van der Waals surface area contributed by atoms with Crippen molar-refractivity contribution in [1.82, 2.24) is 15.1 Å². The molecule has 5 nitrogen and oxygen atoms in total. The first kappa shape index (κ1) is 24.5. The lowest BCUT2D eigenvalue weighted by molar-refractivity contribution is 0.0902. The topological polar surface area (TPSA) is 48.7 Å². The van der Waals surface area contributed by atoms with Gasteiger partial charge in [0.15, 0.2) is 5.76 Å². The van der Waals surface area contributed by atoms with Crippen molar-refractivity contribution in [2.24, 2.45) is 0 Å². The number of nitrogens with one attached hydrogen (secondary N) is 1. The molecule has 5 heteroatoms. The zero-order chi connectivity index (χ0) is 23.1. The van der Waals surface area contributed by atoms with Gasteiger partial charge in [-0.3, -0.25) is 9.69 Å². The van der Waals surface area contributed by atoms with Gasteiger partial charge >= 0.3 is 0 Å². The van der Waals surface area contributed by atoms with Crippen molar-refractivity contribution in [3.05, 3.63) is 59.0 Å². The summed E-state index contributed by atoms with van der Waals surface area (Å²) in [5.74, 6) is 1.10. The van der Waals surface area contributed by atoms with E-state index in [1.54, 1.807) is 6.07 Å². The van der Waals surface area contributed by atoms with Crippen molar-refractivity contribution >= 4 is 5.91 Å². The van der Waals surface area contributed by atoms with Gasteiger partial charge in [0.25, 0.3) is 5.91 Å². The van der Waals surface area contributed by atoms with Crippen molar-refractivity contribution in [1.29, 1.82) is 0 Å². The molecule has 1 fully saturated rings. The molecule has 3 rings (SSSR count). The molecule has 32 heavy (non-hydrogen) atoms. The summed E-state index contributed by atoms with van der Waals surface area (Å²) in [6, 6.07) is 13.1. The predicted molar refractivity (Wildman–Crippen MR) is 131 cm³/mol. The maximum absolute atomic E-state index is 12.5. The molecule has 1 atom stereocenters. The minimum atomic E-state index is -0.121. The Morgan fingerprint density at radius 2 is 1.88 bits per heavy atom. The molecule has 0 saturated carbocycles. The van der Waals surface area contributed by atoms with Gasteiger partial charge in [0.05, 0.1) is 6.54 Å². The molecule has 1 saturated heterocycles. The van der Waals surface area contributed by atoms with Crippen molar-refractivity contribution in [2.75, 3.05) is 19.6 Å². The largest absolute Gasteiger partial charge is 0.455 e. The third kappa shape index (κ3) is 7.21. The average molecular weight is 440 g/mol. The fourth-order valence-corrected chi connectivity index (χ4v) is 4.28. The molecule has 0 radical (unpaired) electrons. The highest BCUT2D eigenvalue weighted by Crippen LogP contribution is 2.22. The molecule has 2 aromatic rings. The van der Waals surface area contributed by atoms with E-state index in [-0.39, 0.29) is 11.4 Å². The summed E-state index contributed by atoms with van der Waals surface area (Å²) >= 11 is 0. The van der Waals surface area contributed by atoms with E-state index in [9.17, 15) is 4.79 Å². The summed E-state index contributed by atoms with van der Waals surface area (Å²) in [7, 11) is 0. The Balaban J connectivity index is 1.50. The molecule has 2 heterocycles. The molecule has 0 bridgehead atoms. The zero-order valence-electron chi connectivity index (χ0n) is 20.6. The van der Waals surface area contributed by atoms with Crippen molar-refractivity contribution < 1.29 is 9.21 Å². The summed E-state index contributed by atoms with van der Waals surface area (Å²) in [5.41, 5.74) is 2.52. The standard InChI is InChI=1S/C27H41N3O2/c1-21-10-12-23(13-11-21)19-30(27(3,4)5)20-24-14-15-25(32-24)26(31)28-16-8-18-29-17-7-6-9-22(29)2/h10-15,22H,6-9,16-20H2,1-5H3,(H,28,31). The van der Waals surface area contributed by atoms with E-state index >= 15 is 0 Å². The number of nitrogens with zero attached hydrogens (tertiary/aromatic N) is 2. The molecule has 1 aliphatic rings. The third-order valence-corrected chi connectivity index (χ3v) is 6.52. The zero-order valence-corrected chi connectivity index (χ0v) is 20.6. The second-order valence-electron chi connectivity index (χ2n) is 10.3. The van der Waals surface area contributed by atoms with Crippen LogP contribution in [0.5, 0.6) is 0 Å². The van der Waals surface area contributed by atoms with Gasteiger partial charge in [-0.2, -0.15) is 0 Å². The van der Waals surface area contributed by atoms with Gasteiger partial charge in [-0.05, 0) is 78.1 Å². The van der Waals surface area contributed by atoms with Gasteiger partial charge in [0.2, 0.25) is 0 Å². The third-order valence-electron chi connectivity index (χ3n) is 6.52. The fraction of sp³-hybridized carbons (Fsp3) is 0.593. The van der Waals surface area contributed by atoms with Gasteiger partial charge in [-0.25, -0.2) is 0 Å². The Bertz CT molecular complexity index is 851. The molecular weight excluding hydrogens is 398 g/mol. The molecule has 176 valence electrons. The quantitative estimate of drug-likeness (QED) is 0.533. The monoisotopic (exact) mass is 439 g/mol. The number of benzene rings is 1. The number of furan rings is 1. The first-order valence-corrected chi connectivity index (χ1v) is 12.1. The lowest BCUT2D eigenvalue weighted by Gasteiger charge is -2.35. The number of likely N-dealkylation sites (tertiary alicyclic amines) is 1. The summed E-state index contributed by atoms with van der Waals surface area (Å²) in [4.78, 5) is 17.5. The summed E-state index contributed by atoms with van der Waals surface area (Å²) in [5, 5.41) is 3.02. The number of hydrogen-bond donors (Lipinski definition) is 1. The van der Waals surface area contributed by atoms with Gasteiger partial charge in [-0.15, -0.1) is 0 Å². The molecular formula is C27H41N3O2. The number of amides is 1. The molecule has 1 aromatic carbocycles. The molecule has 1 aromatic heterocycles. The number of carbonyl (C=O) groups excluding carboxylic acids is 1. The van der Waals surface area contributed by atoms with E-state index in [1.165, 1.54) is 36.9 Å². The highest BCUT2D eigenvalue weighted by atomic mass is 16.4. The van der Waals surface area contributed by atoms with E-state index < -0.39 is 0 Å². The SMILES string of the molecule is Cc1ccc(CN(Cc2ccc(C(=O)NCCCN3CCCCC3C)o2)C(C)(C)C)cc1. The summed E-state index contributed by atoms with van der Waals surface area (Å²) < 4.78 is 5.93. The smallest absolute Gasteiger partial charge is 0.286 e. The Morgan fingerprint density at radius 1 is 1.12 bits per heavy atom. The van der Waals surface area contributed by atoms with Gasteiger partial charge < -0.3 is 14.6 Å². The molecule has 1 aliphatic heterocycles. The number of carbonyl (C=O) groups is 1. The van der Waals surface area contributed by atoms with Crippen molar-refractivity contribution in [3.63, 3.8) is 0 Å². The molecule has 0 aliphatic carbocycles. The van der Waals surface area contributed by atoms with Crippen LogP contribution in [-0.2, 0) is 13.1 Å². The van der Waals surface area contributed by atoms with Crippen LogP contribution in [0.4, 0.5) is 0 Å². The number of hydrogen-bond acceptors (Lipinski definition) is 4. The van der Waals surface area contributed by atoms with Crippen LogP contribution in [0.25, 0.3) is 0 Å². The van der Waals surface area contributed by atoms with Crippen LogP contribution in [0.3, 0.4) is 0 Å². The molecule has 1 unspecified atom stereocenters. The highest BCUT2D eigenvalue weighted by molar-refractivity contribution is 5.91. The minimum Gasteiger partial charge on any atom is -0.455 e. The van der Waals surface area contributed by atoms with Crippen molar-refractivity contribution in [2.45, 2.75) is 85.0 Å². The van der Waals surface area contributed by atoms with Crippen LogP contribution < -0.4 is 5.32 Å². The summed E-state index contributed by atoms with van der Waals surface area (Å²) in [6.07, 6.45) is 4.89. The maximum Gasteiger partial charge on any atom is 0.286 e. The van der Waals surface area contributed by atoms with E-state index in [4.69, 9.17) is 4.42 Å². The number of aryl methyl sites for hydroxylation is 1. The first-order chi connectivity index (χ1) is 15.2. The lowest BCUT2D eigenvalue weighted by atomic mass is 10.0. The first-order valence-electron chi connectivity index (χ1n) is 12.1. The van der Waals surface area contributed by atoms with Crippen LogP contribution >= 0.6 is 0 Å². The second kappa shape index (κ2) is 11.2. The minimum absolute atomic E-state index is 0.0221. The van der Waals surface area contributed by atoms with Crippen LogP contribution in [-0.4, -0.2) is 46.9 Å². The Hall–Kier alpha value is -2.11. The highest BCUT2D eigenvalue weighted by Gasteiger charge is 2.23. The molecule has 1 N–H and O–H groups in total. The Labute approximate surface area is 194 Å².